The van der Waals surface area contributed by atoms with Gasteiger partial charge in [-0.1, -0.05) is 13.3 Å². The lowest BCUT2D eigenvalue weighted by Crippen LogP contribution is -2.38. The largest absolute Gasteiger partial charge is 0.481 e. The van der Waals surface area contributed by atoms with Gasteiger partial charge in [0, 0.05) is 25.6 Å². The van der Waals surface area contributed by atoms with Crippen molar-refractivity contribution < 1.29 is 19.5 Å². The number of hydrogen-bond acceptors (Lipinski definition) is 3. The zero-order valence-electron chi connectivity index (χ0n) is 13.1. The summed E-state index contributed by atoms with van der Waals surface area (Å²) in [6.45, 7) is 6.66. The Morgan fingerprint density at radius 3 is 2.57 bits per heavy atom. The minimum absolute atomic E-state index is 0.00396. The Morgan fingerprint density at radius 1 is 1.38 bits per heavy atom. The van der Waals surface area contributed by atoms with Crippen LogP contribution in [0.4, 0.5) is 0 Å². The molecule has 0 aromatic heterocycles. The van der Waals surface area contributed by atoms with Crippen molar-refractivity contribution in [2.24, 2.45) is 11.8 Å². The molecular weight excluding hydrogens is 272 g/mol. The van der Waals surface area contributed by atoms with Gasteiger partial charge >= 0.3 is 5.97 Å². The summed E-state index contributed by atoms with van der Waals surface area (Å²) in [5.41, 5.74) is 0. The molecule has 1 rings (SSSR count). The van der Waals surface area contributed by atoms with Crippen LogP contribution in [0.5, 0.6) is 0 Å². The predicted octanol–water partition coefficient (Wildman–Crippen LogP) is 1.25. The molecule has 2 amide bonds. The van der Waals surface area contributed by atoms with Crippen LogP contribution in [0.2, 0.25) is 0 Å². The van der Waals surface area contributed by atoms with Crippen molar-refractivity contribution >= 4 is 17.8 Å². The molecule has 1 saturated heterocycles. The summed E-state index contributed by atoms with van der Waals surface area (Å²) in [5.74, 6) is -1.41. The van der Waals surface area contributed by atoms with Crippen molar-refractivity contribution in [2.75, 3.05) is 13.1 Å². The third kappa shape index (κ3) is 5.36. The van der Waals surface area contributed by atoms with Crippen LogP contribution in [0.15, 0.2) is 0 Å². The summed E-state index contributed by atoms with van der Waals surface area (Å²) >= 11 is 0. The highest BCUT2D eigenvalue weighted by Gasteiger charge is 2.33. The van der Waals surface area contributed by atoms with Crippen LogP contribution in [-0.2, 0) is 14.4 Å². The summed E-state index contributed by atoms with van der Waals surface area (Å²) in [4.78, 5) is 36.1. The van der Waals surface area contributed by atoms with Gasteiger partial charge in [-0.3, -0.25) is 14.4 Å². The van der Waals surface area contributed by atoms with Crippen LogP contribution in [-0.4, -0.2) is 46.9 Å². The third-order valence-corrected chi connectivity index (χ3v) is 4.05. The number of amides is 2. The van der Waals surface area contributed by atoms with E-state index in [1.165, 1.54) is 0 Å². The molecule has 0 radical (unpaired) electrons. The average Bonchev–Trinajstić information content (AvgIpc) is 2.79. The minimum atomic E-state index is -0.782. The van der Waals surface area contributed by atoms with E-state index in [0.29, 0.717) is 25.9 Å². The fourth-order valence-corrected chi connectivity index (χ4v) is 2.54. The van der Waals surface area contributed by atoms with E-state index in [0.717, 1.165) is 12.8 Å². The summed E-state index contributed by atoms with van der Waals surface area (Å²) in [7, 11) is 0. The molecule has 0 saturated carbocycles. The number of carboxylic acid groups (broad SMARTS) is 1. The van der Waals surface area contributed by atoms with Crippen LogP contribution < -0.4 is 5.32 Å². The van der Waals surface area contributed by atoms with Crippen molar-refractivity contribution in [3.63, 3.8) is 0 Å². The molecule has 0 bridgehead atoms. The molecule has 21 heavy (non-hydrogen) atoms. The lowest BCUT2D eigenvalue weighted by molar-refractivity contribution is -0.141. The van der Waals surface area contributed by atoms with E-state index in [9.17, 15) is 14.4 Å². The lowest BCUT2D eigenvalue weighted by atomic mass is 10.0. The molecule has 3 atom stereocenters. The fraction of sp³-hybridized carbons (Fsp3) is 0.800. The Labute approximate surface area is 125 Å². The van der Waals surface area contributed by atoms with Crippen LogP contribution >= 0.6 is 0 Å². The van der Waals surface area contributed by atoms with Crippen LogP contribution in [0.1, 0.15) is 46.5 Å². The highest BCUT2D eigenvalue weighted by atomic mass is 16.4. The van der Waals surface area contributed by atoms with Crippen molar-refractivity contribution in [2.45, 2.75) is 52.5 Å². The molecule has 0 aliphatic carbocycles. The second-order valence-corrected chi connectivity index (χ2v) is 5.91. The highest BCUT2D eigenvalue weighted by molar-refractivity contribution is 5.89. The summed E-state index contributed by atoms with van der Waals surface area (Å²) in [6.07, 6.45) is 2.42. The molecule has 3 unspecified atom stereocenters. The molecule has 0 aromatic rings. The first-order valence-corrected chi connectivity index (χ1v) is 7.66. The van der Waals surface area contributed by atoms with Gasteiger partial charge in [-0.2, -0.15) is 0 Å². The number of nitrogens with one attached hydrogen (secondary N) is 1. The number of carboxylic acids is 1. The first-order chi connectivity index (χ1) is 9.85. The second kappa shape index (κ2) is 8.00. The van der Waals surface area contributed by atoms with Gasteiger partial charge in [0.15, 0.2) is 0 Å². The monoisotopic (exact) mass is 298 g/mol. The van der Waals surface area contributed by atoms with Crippen LogP contribution in [0, 0.1) is 11.8 Å². The molecule has 120 valence electrons. The Morgan fingerprint density at radius 2 is 2.05 bits per heavy atom. The quantitative estimate of drug-likeness (QED) is 0.706. The Bertz CT molecular complexity index is 397. The van der Waals surface area contributed by atoms with E-state index in [4.69, 9.17) is 5.11 Å². The number of aliphatic carboxylic acids is 1. The van der Waals surface area contributed by atoms with E-state index in [2.05, 4.69) is 5.32 Å². The Hall–Kier alpha value is -1.59. The van der Waals surface area contributed by atoms with E-state index in [-0.39, 0.29) is 29.7 Å². The zero-order chi connectivity index (χ0) is 16.0. The van der Waals surface area contributed by atoms with E-state index in [1.54, 1.807) is 11.8 Å². The Kier molecular flexibility index (Phi) is 6.65. The SMILES string of the molecule is CCN1CC(C(=O)NC(C)CCCC(C)C(=O)O)CC1=O. The molecule has 6 heteroatoms. The van der Waals surface area contributed by atoms with Crippen molar-refractivity contribution in [1.82, 2.24) is 10.2 Å². The molecule has 0 aromatic carbocycles. The smallest absolute Gasteiger partial charge is 0.306 e. The summed E-state index contributed by atoms with van der Waals surface area (Å²) < 4.78 is 0. The standard InChI is InChI=1S/C15H26N2O4/c1-4-17-9-12(8-13(17)18)14(19)16-11(3)7-5-6-10(2)15(20)21/h10-12H,4-9H2,1-3H3,(H,16,19)(H,20,21). The fourth-order valence-electron chi connectivity index (χ4n) is 2.54. The van der Waals surface area contributed by atoms with Gasteiger partial charge in [0.25, 0.3) is 0 Å². The number of nitrogens with zero attached hydrogens (tertiary/aromatic N) is 1. The summed E-state index contributed by atoms with van der Waals surface area (Å²) in [5, 5.41) is 11.7. The minimum Gasteiger partial charge on any atom is -0.481 e. The van der Waals surface area contributed by atoms with Gasteiger partial charge in [0.2, 0.25) is 11.8 Å². The van der Waals surface area contributed by atoms with Crippen molar-refractivity contribution in [3.05, 3.63) is 0 Å². The number of carbonyl (C=O) groups excluding carboxylic acids is 2. The first kappa shape index (κ1) is 17.5. The highest BCUT2D eigenvalue weighted by Crippen LogP contribution is 2.18. The van der Waals surface area contributed by atoms with Crippen molar-refractivity contribution in [3.8, 4) is 0 Å². The predicted molar refractivity (Wildman–Crippen MR) is 78.6 cm³/mol. The molecule has 1 aliphatic rings. The molecule has 1 fully saturated rings. The summed E-state index contributed by atoms with van der Waals surface area (Å²) in [6, 6.07) is 0.00396. The maximum absolute atomic E-state index is 12.1. The number of likely N-dealkylation sites (tertiary alicyclic amines) is 1. The zero-order valence-corrected chi connectivity index (χ0v) is 13.1. The maximum atomic E-state index is 12.1. The van der Waals surface area contributed by atoms with Crippen molar-refractivity contribution in [1.29, 1.82) is 0 Å². The first-order valence-electron chi connectivity index (χ1n) is 7.66. The number of carbonyl (C=O) groups is 3. The van der Waals surface area contributed by atoms with Gasteiger partial charge in [0.05, 0.1) is 11.8 Å². The van der Waals surface area contributed by atoms with E-state index >= 15 is 0 Å². The van der Waals surface area contributed by atoms with Gasteiger partial charge in [0.1, 0.15) is 0 Å². The second-order valence-electron chi connectivity index (χ2n) is 5.91. The van der Waals surface area contributed by atoms with Gasteiger partial charge < -0.3 is 15.3 Å². The Balaban J connectivity index is 2.28. The van der Waals surface area contributed by atoms with E-state index < -0.39 is 5.97 Å². The molecular formula is C15H26N2O4. The molecule has 6 nitrogen and oxygen atoms in total. The molecule has 1 heterocycles. The molecule has 2 N–H and O–H groups in total. The van der Waals surface area contributed by atoms with E-state index in [1.807, 2.05) is 13.8 Å². The van der Waals surface area contributed by atoms with Crippen LogP contribution in [0.25, 0.3) is 0 Å². The van der Waals surface area contributed by atoms with Gasteiger partial charge in [-0.05, 0) is 26.7 Å². The molecule has 1 aliphatic heterocycles. The number of rotatable bonds is 8. The van der Waals surface area contributed by atoms with Gasteiger partial charge in [-0.25, -0.2) is 0 Å². The van der Waals surface area contributed by atoms with Gasteiger partial charge in [-0.15, -0.1) is 0 Å². The lowest BCUT2D eigenvalue weighted by Gasteiger charge is -2.18. The molecule has 0 spiro atoms. The third-order valence-electron chi connectivity index (χ3n) is 4.05. The number of hydrogen-bond donors (Lipinski definition) is 2. The topological polar surface area (TPSA) is 86.7 Å². The maximum Gasteiger partial charge on any atom is 0.306 e. The van der Waals surface area contributed by atoms with Crippen LogP contribution in [0.3, 0.4) is 0 Å². The normalized spacial score (nSPS) is 21.2. The average molecular weight is 298 g/mol.